The fourth-order valence-electron chi connectivity index (χ4n) is 3.69. The molecule has 138 valence electrons. The van der Waals surface area contributed by atoms with E-state index in [1.807, 2.05) is 18.2 Å². The Morgan fingerprint density at radius 1 is 1.23 bits per heavy atom. The van der Waals surface area contributed by atoms with Gasteiger partial charge in [0.25, 0.3) is 0 Å². The summed E-state index contributed by atoms with van der Waals surface area (Å²) in [6, 6.07) is 5.75. The first-order valence-corrected chi connectivity index (χ1v) is 9.74. The standard InChI is InChI=1S/C19H23N3O3S/c1-24-12-5-6-16(25-2)13(9-12)14-10-17(23)20-11-15-18(14)26-19(21-15)22-7-3-4-8-22/h5-6,9,14H,3-4,7-8,10-11H2,1-2H3,(H,20,23)/t14-/m1/s1. The number of aromatic nitrogens is 1. The van der Waals surface area contributed by atoms with E-state index in [-0.39, 0.29) is 11.8 Å². The average molecular weight is 373 g/mol. The maximum absolute atomic E-state index is 12.3. The second-order valence-electron chi connectivity index (χ2n) is 6.64. The van der Waals surface area contributed by atoms with E-state index in [0.717, 1.165) is 45.9 Å². The molecule has 1 aromatic heterocycles. The molecule has 2 aliphatic heterocycles. The summed E-state index contributed by atoms with van der Waals surface area (Å²) in [7, 11) is 3.31. The van der Waals surface area contributed by atoms with Gasteiger partial charge in [-0.3, -0.25) is 4.79 Å². The van der Waals surface area contributed by atoms with Gasteiger partial charge >= 0.3 is 0 Å². The summed E-state index contributed by atoms with van der Waals surface area (Å²) < 4.78 is 11.0. The number of hydrogen-bond acceptors (Lipinski definition) is 6. The number of carbonyl (C=O) groups excluding carboxylic acids is 1. The number of anilines is 1. The third-order valence-electron chi connectivity index (χ3n) is 5.06. The van der Waals surface area contributed by atoms with Crippen LogP contribution in [0, 0.1) is 0 Å². The number of nitrogens with zero attached hydrogens (tertiary/aromatic N) is 2. The molecule has 26 heavy (non-hydrogen) atoms. The Balaban J connectivity index is 1.79. The number of fused-ring (bicyclic) bond motifs is 1. The lowest BCUT2D eigenvalue weighted by atomic mass is 9.92. The van der Waals surface area contributed by atoms with Gasteiger partial charge in [-0.15, -0.1) is 11.3 Å². The first-order valence-electron chi connectivity index (χ1n) is 8.92. The molecule has 0 saturated carbocycles. The van der Waals surface area contributed by atoms with Gasteiger partial charge in [-0.25, -0.2) is 4.98 Å². The van der Waals surface area contributed by atoms with Crippen molar-refractivity contribution in [3.05, 3.63) is 34.3 Å². The molecular formula is C19H23N3O3S. The Hall–Kier alpha value is -2.28. The monoisotopic (exact) mass is 373 g/mol. The Labute approximate surface area is 157 Å². The lowest BCUT2D eigenvalue weighted by Gasteiger charge is -2.18. The number of nitrogens with one attached hydrogen (secondary N) is 1. The third-order valence-corrected chi connectivity index (χ3v) is 6.34. The molecule has 1 fully saturated rings. The summed E-state index contributed by atoms with van der Waals surface area (Å²) >= 11 is 1.71. The van der Waals surface area contributed by atoms with Crippen LogP contribution in [-0.2, 0) is 11.3 Å². The molecule has 2 aliphatic rings. The van der Waals surface area contributed by atoms with Crippen LogP contribution in [0.1, 0.15) is 41.3 Å². The van der Waals surface area contributed by atoms with Crippen LogP contribution in [0.2, 0.25) is 0 Å². The number of methoxy groups -OCH3 is 2. The number of rotatable bonds is 4. The van der Waals surface area contributed by atoms with E-state index in [1.54, 1.807) is 25.6 Å². The van der Waals surface area contributed by atoms with E-state index in [1.165, 1.54) is 12.8 Å². The normalized spacial score (nSPS) is 19.7. The minimum absolute atomic E-state index is 0.0350. The van der Waals surface area contributed by atoms with Crippen molar-refractivity contribution in [1.29, 1.82) is 0 Å². The van der Waals surface area contributed by atoms with Crippen LogP contribution in [0.4, 0.5) is 5.13 Å². The van der Waals surface area contributed by atoms with Gasteiger partial charge in [0.15, 0.2) is 5.13 Å². The van der Waals surface area contributed by atoms with Crippen LogP contribution in [0.25, 0.3) is 0 Å². The lowest BCUT2D eigenvalue weighted by molar-refractivity contribution is -0.121. The topological polar surface area (TPSA) is 63.7 Å². The molecule has 1 atom stereocenters. The van der Waals surface area contributed by atoms with E-state index < -0.39 is 0 Å². The van der Waals surface area contributed by atoms with Crippen molar-refractivity contribution in [3.63, 3.8) is 0 Å². The Morgan fingerprint density at radius 2 is 2.04 bits per heavy atom. The summed E-state index contributed by atoms with van der Waals surface area (Å²) in [6.07, 6.45) is 2.82. The fourth-order valence-corrected chi connectivity index (χ4v) is 4.94. The van der Waals surface area contributed by atoms with E-state index in [2.05, 4.69) is 10.2 Å². The molecule has 4 rings (SSSR count). The Bertz CT molecular complexity index is 814. The van der Waals surface area contributed by atoms with Crippen molar-refractivity contribution in [2.45, 2.75) is 31.7 Å². The molecule has 0 aliphatic carbocycles. The summed E-state index contributed by atoms with van der Waals surface area (Å²) in [5.41, 5.74) is 1.94. The molecule has 2 aromatic rings. The second-order valence-corrected chi connectivity index (χ2v) is 7.65. The van der Waals surface area contributed by atoms with Crippen LogP contribution >= 0.6 is 11.3 Å². The number of thiazole rings is 1. The smallest absolute Gasteiger partial charge is 0.221 e. The number of hydrogen-bond donors (Lipinski definition) is 1. The van der Waals surface area contributed by atoms with Crippen LogP contribution < -0.4 is 19.7 Å². The summed E-state index contributed by atoms with van der Waals surface area (Å²) in [4.78, 5) is 20.7. The van der Waals surface area contributed by atoms with E-state index in [0.29, 0.717) is 13.0 Å². The third kappa shape index (κ3) is 3.11. The molecular weight excluding hydrogens is 350 g/mol. The van der Waals surface area contributed by atoms with Crippen LogP contribution in [0.3, 0.4) is 0 Å². The van der Waals surface area contributed by atoms with E-state index in [9.17, 15) is 4.79 Å². The lowest BCUT2D eigenvalue weighted by Crippen LogP contribution is -2.22. The highest BCUT2D eigenvalue weighted by Gasteiger charge is 2.31. The van der Waals surface area contributed by atoms with Gasteiger partial charge in [0.2, 0.25) is 5.91 Å². The Morgan fingerprint density at radius 3 is 2.77 bits per heavy atom. The zero-order valence-corrected chi connectivity index (χ0v) is 15.9. The molecule has 0 radical (unpaired) electrons. The second kappa shape index (κ2) is 7.15. The van der Waals surface area contributed by atoms with Crippen molar-refractivity contribution in [3.8, 4) is 11.5 Å². The molecule has 7 heteroatoms. The van der Waals surface area contributed by atoms with Crippen molar-refractivity contribution >= 4 is 22.4 Å². The Kier molecular flexibility index (Phi) is 4.72. The van der Waals surface area contributed by atoms with Crippen molar-refractivity contribution in [1.82, 2.24) is 10.3 Å². The van der Waals surface area contributed by atoms with Gasteiger partial charge in [0, 0.05) is 35.9 Å². The number of carbonyl (C=O) groups is 1. The van der Waals surface area contributed by atoms with Gasteiger partial charge in [-0.2, -0.15) is 0 Å². The molecule has 1 N–H and O–H groups in total. The van der Waals surface area contributed by atoms with Gasteiger partial charge < -0.3 is 19.7 Å². The molecule has 1 saturated heterocycles. The summed E-state index contributed by atoms with van der Waals surface area (Å²) in [6.45, 7) is 2.61. The maximum Gasteiger partial charge on any atom is 0.221 e. The SMILES string of the molecule is COc1ccc(OC)c([C@H]2CC(=O)NCc3nc(N4CCCC4)sc32)c1. The van der Waals surface area contributed by atoms with Gasteiger partial charge in [-0.1, -0.05) is 0 Å². The van der Waals surface area contributed by atoms with Gasteiger partial charge in [0.05, 0.1) is 26.5 Å². The minimum Gasteiger partial charge on any atom is -0.497 e. The van der Waals surface area contributed by atoms with E-state index >= 15 is 0 Å². The average Bonchev–Trinajstić information content (AvgIpc) is 3.31. The van der Waals surface area contributed by atoms with Crippen molar-refractivity contribution < 1.29 is 14.3 Å². The highest BCUT2D eigenvalue weighted by molar-refractivity contribution is 7.15. The molecule has 0 spiro atoms. The molecule has 0 unspecified atom stereocenters. The molecule has 0 bridgehead atoms. The van der Waals surface area contributed by atoms with Crippen LogP contribution in [-0.4, -0.2) is 38.2 Å². The number of ether oxygens (including phenoxy) is 2. The largest absolute Gasteiger partial charge is 0.497 e. The van der Waals surface area contributed by atoms with Crippen LogP contribution in [0.15, 0.2) is 18.2 Å². The summed E-state index contributed by atoms with van der Waals surface area (Å²) in [5, 5.41) is 4.05. The zero-order chi connectivity index (χ0) is 18.1. The first-order chi connectivity index (χ1) is 12.7. The van der Waals surface area contributed by atoms with E-state index in [4.69, 9.17) is 14.5 Å². The molecule has 1 amide bonds. The number of benzene rings is 1. The quantitative estimate of drug-likeness (QED) is 0.893. The van der Waals surface area contributed by atoms with Crippen molar-refractivity contribution in [2.24, 2.45) is 0 Å². The fraction of sp³-hybridized carbons (Fsp3) is 0.474. The zero-order valence-electron chi connectivity index (χ0n) is 15.1. The molecule has 3 heterocycles. The highest BCUT2D eigenvalue weighted by Crippen LogP contribution is 2.43. The van der Waals surface area contributed by atoms with Crippen molar-refractivity contribution in [2.75, 3.05) is 32.2 Å². The van der Waals surface area contributed by atoms with Crippen LogP contribution in [0.5, 0.6) is 11.5 Å². The number of amides is 1. The minimum atomic E-state index is -0.0774. The first kappa shape index (κ1) is 17.1. The molecule has 6 nitrogen and oxygen atoms in total. The maximum atomic E-state index is 12.3. The predicted molar refractivity (Wildman–Crippen MR) is 101 cm³/mol. The summed E-state index contributed by atoms with van der Waals surface area (Å²) in [5.74, 6) is 1.49. The van der Waals surface area contributed by atoms with Gasteiger partial charge in [-0.05, 0) is 31.0 Å². The molecule has 1 aromatic carbocycles. The highest BCUT2D eigenvalue weighted by atomic mass is 32.1. The predicted octanol–water partition coefficient (Wildman–Crippen LogP) is 2.91. The van der Waals surface area contributed by atoms with Gasteiger partial charge in [0.1, 0.15) is 11.5 Å².